The minimum absolute atomic E-state index is 0.155. The predicted molar refractivity (Wildman–Crippen MR) is 111 cm³/mol. The zero-order valence-corrected chi connectivity index (χ0v) is 16.4. The van der Waals surface area contributed by atoms with Gasteiger partial charge in [0.1, 0.15) is 0 Å². The second-order valence-corrected chi connectivity index (χ2v) is 6.77. The SMILES string of the molecule is CCn1c2ccc(C(=O)c3ccco3)cc2c2cc(/C(C)=N/OC(C)=O)ccc21. The van der Waals surface area contributed by atoms with Gasteiger partial charge in [-0.3, -0.25) is 4.79 Å². The van der Waals surface area contributed by atoms with Gasteiger partial charge in [-0.15, -0.1) is 0 Å². The van der Waals surface area contributed by atoms with Crippen molar-refractivity contribution in [3.63, 3.8) is 0 Å². The number of carbonyl (C=O) groups excluding carboxylic acids is 2. The molecule has 2 heterocycles. The molecule has 0 aliphatic rings. The van der Waals surface area contributed by atoms with E-state index < -0.39 is 5.97 Å². The third kappa shape index (κ3) is 3.33. The maximum absolute atomic E-state index is 12.7. The molecule has 6 heteroatoms. The van der Waals surface area contributed by atoms with Crippen LogP contribution in [0.5, 0.6) is 0 Å². The van der Waals surface area contributed by atoms with Crippen LogP contribution in [0.2, 0.25) is 0 Å². The Kier molecular flexibility index (Phi) is 4.76. The standard InChI is InChI=1S/C23H20N2O4/c1-4-25-20-9-7-16(14(2)24-29-15(3)26)12-18(20)19-13-17(8-10-21(19)25)23(27)22-6-5-11-28-22/h5-13H,4H2,1-3H3/b24-14+. The van der Waals surface area contributed by atoms with Crippen molar-refractivity contribution in [2.45, 2.75) is 27.3 Å². The van der Waals surface area contributed by atoms with Gasteiger partial charge in [0.15, 0.2) is 5.76 Å². The van der Waals surface area contributed by atoms with Crippen LogP contribution in [0.1, 0.15) is 42.5 Å². The van der Waals surface area contributed by atoms with Gasteiger partial charge in [-0.05, 0) is 61.9 Å². The molecule has 2 aromatic heterocycles. The molecule has 0 aliphatic heterocycles. The van der Waals surface area contributed by atoms with Gasteiger partial charge in [0.25, 0.3) is 0 Å². The Morgan fingerprint density at radius 1 is 1.00 bits per heavy atom. The number of fused-ring (bicyclic) bond motifs is 3. The Labute approximate surface area is 167 Å². The fourth-order valence-corrected chi connectivity index (χ4v) is 3.55. The number of hydrogen-bond donors (Lipinski definition) is 0. The van der Waals surface area contributed by atoms with E-state index in [0.717, 1.165) is 33.9 Å². The Morgan fingerprint density at radius 3 is 2.24 bits per heavy atom. The van der Waals surface area contributed by atoms with Crippen LogP contribution in [0, 0.1) is 0 Å². The summed E-state index contributed by atoms with van der Waals surface area (Å²) >= 11 is 0. The molecular formula is C23H20N2O4. The first-order valence-corrected chi connectivity index (χ1v) is 9.36. The van der Waals surface area contributed by atoms with Gasteiger partial charge >= 0.3 is 5.97 Å². The molecule has 6 nitrogen and oxygen atoms in total. The summed E-state index contributed by atoms with van der Waals surface area (Å²) in [7, 11) is 0. The van der Waals surface area contributed by atoms with E-state index in [1.54, 1.807) is 19.1 Å². The number of benzene rings is 2. The molecule has 0 atom stereocenters. The number of ketones is 1. The monoisotopic (exact) mass is 388 g/mol. The Bertz CT molecular complexity index is 1260. The fourth-order valence-electron chi connectivity index (χ4n) is 3.55. The average molecular weight is 388 g/mol. The van der Waals surface area contributed by atoms with Gasteiger partial charge in [-0.25, -0.2) is 4.79 Å². The van der Waals surface area contributed by atoms with Gasteiger partial charge in [0.2, 0.25) is 5.78 Å². The summed E-state index contributed by atoms with van der Waals surface area (Å²) in [5, 5.41) is 5.86. The van der Waals surface area contributed by atoms with E-state index in [1.807, 2.05) is 36.4 Å². The van der Waals surface area contributed by atoms with E-state index in [9.17, 15) is 9.59 Å². The lowest BCUT2D eigenvalue weighted by Crippen LogP contribution is -1.99. The normalized spacial score (nSPS) is 11.9. The van der Waals surface area contributed by atoms with Gasteiger partial charge in [-0.1, -0.05) is 11.2 Å². The second-order valence-electron chi connectivity index (χ2n) is 6.77. The first-order chi connectivity index (χ1) is 14.0. The second kappa shape index (κ2) is 7.39. The summed E-state index contributed by atoms with van der Waals surface area (Å²) < 4.78 is 7.46. The highest BCUT2D eigenvalue weighted by Gasteiger charge is 2.16. The van der Waals surface area contributed by atoms with Crippen molar-refractivity contribution in [2.75, 3.05) is 0 Å². The quantitative estimate of drug-likeness (QED) is 0.210. The van der Waals surface area contributed by atoms with Gasteiger partial charge < -0.3 is 13.8 Å². The summed E-state index contributed by atoms with van der Waals surface area (Å²) in [6.45, 7) is 5.98. The minimum atomic E-state index is -0.464. The number of aryl methyl sites for hydroxylation is 1. The molecular weight excluding hydrogens is 368 g/mol. The number of nitrogens with zero attached hydrogens (tertiary/aromatic N) is 2. The third-order valence-corrected chi connectivity index (χ3v) is 4.92. The molecule has 4 aromatic rings. The molecule has 0 spiro atoms. The molecule has 0 saturated carbocycles. The van der Waals surface area contributed by atoms with Crippen molar-refractivity contribution in [1.29, 1.82) is 0 Å². The van der Waals surface area contributed by atoms with Crippen molar-refractivity contribution in [3.05, 3.63) is 71.7 Å². The molecule has 0 bridgehead atoms. The van der Waals surface area contributed by atoms with Crippen molar-refractivity contribution in [1.82, 2.24) is 4.57 Å². The van der Waals surface area contributed by atoms with Gasteiger partial charge in [0, 0.05) is 40.8 Å². The number of rotatable bonds is 5. The highest BCUT2D eigenvalue weighted by atomic mass is 16.7. The molecule has 0 saturated heterocycles. The van der Waals surface area contributed by atoms with Crippen LogP contribution >= 0.6 is 0 Å². The summed E-state index contributed by atoms with van der Waals surface area (Å²) in [4.78, 5) is 28.5. The van der Waals surface area contributed by atoms with E-state index in [0.29, 0.717) is 17.0 Å². The zero-order chi connectivity index (χ0) is 20.5. The van der Waals surface area contributed by atoms with Crippen LogP contribution in [0.3, 0.4) is 0 Å². The lowest BCUT2D eigenvalue weighted by molar-refractivity contribution is -0.140. The number of aromatic nitrogens is 1. The lowest BCUT2D eigenvalue weighted by atomic mass is 10.0. The minimum Gasteiger partial charge on any atom is -0.461 e. The van der Waals surface area contributed by atoms with Crippen LogP contribution in [-0.2, 0) is 16.2 Å². The van der Waals surface area contributed by atoms with Crippen LogP contribution in [0.25, 0.3) is 21.8 Å². The first-order valence-electron chi connectivity index (χ1n) is 9.36. The Morgan fingerprint density at radius 2 is 1.66 bits per heavy atom. The molecule has 0 N–H and O–H groups in total. The number of carbonyl (C=O) groups is 2. The first kappa shape index (κ1) is 18.7. The van der Waals surface area contributed by atoms with Crippen molar-refractivity contribution in [2.24, 2.45) is 5.16 Å². The molecule has 0 amide bonds. The molecule has 0 aliphatic carbocycles. The average Bonchev–Trinajstić information content (AvgIpc) is 3.36. The predicted octanol–water partition coefficient (Wildman–Crippen LogP) is 4.93. The van der Waals surface area contributed by atoms with Crippen LogP contribution in [-0.4, -0.2) is 22.0 Å². The maximum Gasteiger partial charge on any atom is 0.331 e. The fraction of sp³-hybridized carbons (Fsp3) is 0.174. The number of furan rings is 1. The van der Waals surface area contributed by atoms with Crippen molar-refractivity contribution >= 4 is 39.3 Å². The molecule has 0 fully saturated rings. The zero-order valence-electron chi connectivity index (χ0n) is 16.4. The van der Waals surface area contributed by atoms with Crippen LogP contribution in [0.15, 0.2) is 64.4 Å². The Balaban J connectivity index is 1.89. The Hall–Kier alpha value is -3.67. The van der Waals surface area contributed by atoms with Crippen LogP contribution in [0.4, 0.5) is 0 Å². The highest BCUT2D eigenvalue weighted by Crippen LogP contribution is 2.31. The molecule has 146 valence electrons. The van der Waals surface area contributed by atoms with Crippen LogP contribution < -0.4 is 0 Å². The third-order valence-electron chi connectivity index (χ3n) is 4.92. The smallest absolute Gasteiger partial charge is 0.331 e. The van der Waals surface area contributed by atoms with Crippen molar-refractivity contribution < 1.29 is 18.8 Å². The number of oxime groups is 1. The summed E-state index contributed by atoms with van der Waals surface area (Å²) in [6.07, 6.45) is 1.49. The molecule has 2 aromatic carbocycles. The largest absolute Gasteiger partial charge is 0.461 e. The topological polar surface area (TPSA) is 73.8 Å². The van der Waals surface area contributed by atoms with Gasteiger partial charge in [0.05, 0.1) is 12.0 Å². The summed E-state index contributed by atoms with van der Waals surface area (Å²) in [5.41, 5.74) is 4.12. The van der Waals surface area contributed by atoms with E-state index in [4.69, 9.17) is 9.25 Å². The molecule has 4 rings (SSSR count). The molecule has 29 heavy (non-hydrogen) atoms. The van der Waals surface area contributed by atoms with Crippen molar-refractivity contribution in [3.8, 4) is 0 Å². The highest BCUT2D eigenvalue weighted by molar-refractivity contribution is 6.15. The van der Waals surface area contributed by atoms with E-state index >= 15 is 0 Å². The van der Waals surface area contributed by atoms with E-state index in [2.05, 4.69) is 16.6 Å². The van der Waals surface area contributed by atoms with Gasteiger partial charge in [-0.2, -0.15) is 0 Å². The van der Waals surface area contributed by atoms with E-state index in [-0.39, 0.29) is 5.78 Å². The molecule has 0 unspecified atom stereocenters. The summed E-state index contributed by atoms with van der Waals surface area (Å²) in [5.74, 6) is -0.305. The maximum atomic E-state index is 12.7. The number of hydrogen-bond acceptors (Lipinski definition) is 5. The van der Waals surface area contributed by atoms with E-state index in [1.165, 1.54) is 13.2 Å². The molecule has 0 radical (unpaired) electrons. The lowest BCUT2D eigenvalue weighted by Gasteiger charge is -2.04. The summed E-state index contributed by atoms with van der Waals surface area (Å²) in [6, 6.07) is 15.0.